The highest BCUT2D eigenvalue weighted by Gasteiger charge is 2.07. The number of hydrogen-bond donors (Lipinski definition) is 0. The van der Waals surface area contributed by atoms with Crippen molar-refractivity contribution in [3.8, 4) is 24.2 Å². The van der Waals surface area contributed by atoms with Gasteiger partial charge in [0.15, 0.2) is 0 Å². The minimum atomic E-state index is 0.205. The molecule has 0 spiro atoms. The number of nitriles is 1. The number of ether oxygens (including phenoxy) is 1. The zero-order chi connectivity index (χ0) is 15.9. The molecule has 0 aromatic heterocycles. The lowest BCUT2D eigenvalue weighted by molar-refractivity contribution is 0.368. The van der Waals surface area contributed by atoms with Crippen LogP contribution in [-0.2, 0) is 0 Å². The van der Waals surface area contributed by atoms with Crippen molar-refractivity contribution in [1.82, 2.24) is 0 Å². The lowest BCUT2D eigenvalue weighted by Crippen LogP contribution is -1.94. The molecule has 0 aliphatic rings. The summed E-state index contributed by atoms with van der Waals surface area (Å²) < 4.78 is 6.16. The Morgan fingerprint density at radius 1 is 1.32 bits per heavy atom. The molecule has 0 aliphatic heterocycles. The van der Waals surface area contributed by atoms with Gasteiger partial charge >= 0.3 is 0 Å². The summed E-state index contributed by atoms with van der Waals surface area (Å²) in [5.41, 5.74) is 2.06. The fourth-order valence-corrected chi connectivity index (χ4v) is 2.61. The molecule has 0 saturated carbocycles. The Labute approximate surface area is 143 Å². The number of allylic oxidation sites excluding steroid dienone is 1. The van der Waals surface area contributed by atoms with Crippen LogP contribution in [0.15, 0.2) is 46.9 Å². The summed E-state index contributed by atoms with van der Waals surface area (Å²) in [5, 5.41) is 9.91. The highest BCUT2D eigenvalue weighted by molar-refractivity contribution is 9.10. The maximum atomic E-state index is 9.37. The van der Waals surface area contributed by atoms with E-state index in [1.54, 1.807) is 18.2 Å². The van der Waals surface area contributed by atoms with Crippen molar-refractivity contribution in [2.75, 3.05) is 6.61 Å². The van der Waals surface area contributed by atoms with E-state index in [-0.39, 0.29) is 6.61 Å². The summed E-state index contributed by atoms with van der Waals surface area (Å²) in [6.07, 6.45) is 6.95. The van der Waals surface area contributed by atoms with Gasteiger partial charge in [-0.25, -0.2) is 0 Å². The fourth-order valence-electron chi connectivity index (χ4n) is 1.86. The molecule has 0 atom stereocenters. The second-order valence-electron chi connectivity index (χ2n) is 4.33. The molecule has 0 aliphatic carbocycles. The molecule has 0 saturated heterocycles. The molecule has 0 amide bonds. The van der Waals surface area contributed by atoms with Crippen LogP contribution in [0.5, 0.6) is 5.75 Å². The quantitative estimate of drug-likeness (QED) is 0.421. The third-order valence-corrected chi connectivity index (χ3v) is 3.81. The fraction of sp³-hybridized carbons (Fsp3) is 0.0556. The van der Waals surface area contributed by atoms with Crippen LogP contribution in [0.25, 0.3) is 11.6 Å². The Hall–Kier alpha value is -2.20. The van der Waals surface area contributed by atoms with E-state index in [0.29, 0.717) is 21.9 Å². The van der Waals surface area contributed by atoms with Gasteiger partial charge in [0.2, 0.25) is 0 Å². The largest absolute Gasteiger partial charge is 0.480 e. The van der Waals surface area contributed by atoms with Crippen LogP contribution >= 0.6 is 27.5 Å². The van der Waals surface area contributed by atoms with Gasteiger partial charge in [0.05, 0.1) is 16.1 Å². The maximum absolute atomic E-state index is 9.37. The van der Waals surface area contributed by atoms with Crippen molar-refractivity contribution in [3.05, 3.63) is 63.1 Å². The van der Waals surface area contributed by atoms with Crippen LogP contribution in [0.3, 0.4) is 0 Å². The third kappa shape index (κ3) is 3.92. The predicted octanol–water partition coefficient (Wildman–Crippen LogP) is 5.18. The van der Waals surface area contributed by atoms with Gasteiger partial charge in [-0.2, -0.15) is 5.26 Å². The van der Waals surface area contributed by atoms with Gasteiger partial charge in [-0.1, -0.05) is 41.8 Å². The minimum absolute atomic E-state index is 0.205. The average molecular weight is 373 g/mol. The van der Waals surface area contributed by atoms with E-state index in [1.165, 1.54) is 0 Å². The number of rotatable bonds is 4. The van der Waals surface area contributed by atoms with Crippen molar-refractivity contribution >= 4 is 39.2 Å². The normalized spacial score (nSPS) is 10.6. The highest BCUT2D eigenvalue weighted by Crippen LogP contribution is 2.29. The molecule has 22 heavy (non-hydrogen) atoms. The van der Waals surface area contributed by atoms with Crippen LogP contribution in [0.2, 0.25) is 5.02 Å². The molecule has 0 N–H and O–H groups in total. The van der Waals surface area contributed by atoms with E-state index >= 15 is 0 Å². The number of nitrogens with zero attached hydrogens (tertiary/aromatic N) is 1. The summed E-state index contributed by atoms with van der Waals surface area (Å²) in [7, 11) is 0. The van der Waals surface area contributed by atoms with Gasteiger partial charge in [-0.15, -0.1) is 6.42 Å². The van der Waals surface area contributed by atoms with E-state index in [9.17, 15) is 5.26 Å². The van der Waals surface area contributed by atoms with Crippen LogP contribution in [-0.4, -0.2) is 6.61 Å². The van der Waals surface area contributed by atoms with Crippen molar-refractivity contribution in [1.29, 1.82) is 5.26 Å². The van der Waals surface area contributed by atoms with Crippen molar-refractivity contribution in [3.63, 3.8) is 0 Å². The predicted molar refractivity (Wildman–Crippen MR) is 93.4 cm³/mol. The molecular weight excluding hydrogens is 362 g/mol. The highest BCUT2D eigenvalue weighted by atomic mass is 79.9. The van der Waals surface area contributed by atoms with Crippen molar-refractivity contribution in [2.24, 2.45) is 0 Å². The Morgan fingerprint density at radius 2 is 2.09 bits per heavy atom. The van der Waals surface area contributed by atoms with Gasteiger partial charge in [0.25, 0.3) is 0 Å². The van der Waals surface area contributed by atoms with Gasteiger partial charge < -0.3 is 4.74 Å². The lowest BCUT2D eigenvalue weighted by atomic mass is 10.0. The van der Waals surface area contributed by atoms with Gasteiger partial charge in [0.1, 0.15) is 12.4 Å². The first-order valence-electron chi connectivity index (χ1n) is 6.38. The Balaban J connectivity index is 2.36. The number of hydrogen-bond acceptors (Lipinski definition) is 2. The van der Waals surface area contributed by atoms with Gasteiger partial charge in [-0.3, -0.25) is 0 Å². The average Bonchev–Trinajstić information content (AvgIpc) is 2.52. The topological polar surface area (TPSA) is 33.0 Å². The first-order chi connectivity index (χ1) is 10.7. The smallest absolute Gasteiger partial charge is 0.148 e. The summed E-state index contributed by atoms with van der Waals surface area (Å²) in [6.45, 7) is 0.205. The van der Waals surface area contributed by atoms with E-state index in [1.807, 2.05) is 30.3 Å². The molecular formula is C18H11BrClNO. The number of benzene rings is 2. The van der Waals surface area contributed by atoms with E-state index in [2.05, 4.69) is 27.9 Å². The molecule has 2 nitrogen and oxygen atoms in total. The van der Waals surface area contributed by atoms with Gasteiger partial charge in [-0.05, 0) is 45.8 Å². The van der Waals surface area contributed by atoms with Crippen molar-refractivity contribution in [2.45, 2.75) is 0 Å². The summed E-state index contributed by atoms with van der Waals surface area (Å²) in [4.78, 5) is 0. The Kier molecular flexibility index (Phi) is 5.67. The molecule has 4 heteroatoms. The molecule has 0 heterocycles. The molecule has 108 valence electrons. The molecule has 0 unspecified atom stereocenters. The number of terminal acetylenes is 1. The second-order valence-corrected chi connectivity index (χ2v) is 5.59. The molecule has 0 fully saturated rings. The van der Waals surface area contributed by atoms with Crippen molar-refractivity contribution < 1.29 is 4.74 Å². The summed E-state index contributed by atoms with van der Waals surface area (Å²) in [6, 6.07) is 14.9. The zero-order valence-electron chi connectivity index (χ0n) is 11.5. The monoisotopic (exact) mass is 371 g/mol. The molecule has 0 radical (unpaired) electrons. The zero-order valence-corrected chi connectivity index (χ0v) is 13.9. The van der Waals surface area contributed by atoms with Crippen LogP contribution in [0, 0.1) is 23.7 Å². The van der Waals surface area contributed by atoms with E-state index in [0.717, 1.165) is 10.0 Å². The van der Waals surface area contributed by atoms with Gasteiger partial charge in [0, 0.05) is 10.6 Å². The molecule has 2 rings (SSSR count). The van der Waals surface area contributed by atoms with Crippen LogP contribution in [0.1, 0.15) is 11.1 Å². The Morgan fingerprint density at radius 3 is 2.73 bits per heavy atom. The molecule has 0 bridgehead atoms. The van der Waals surface area contributed by atoms with Crippen LogP contribution in [0.4, 0.5) is 0 Å². The Bertz CT molecular complexity index is 799. The van der Waals surface area contributed by atoms with E-state index in [4.69, 9.17) is 22.8 Å². The third-order valence-electron chi connectivity index (χ3n) is 2.86. The summed E-state index contributed by atoms with van der Waals surface area (Å²) >= 11 is 9.57. The SMILES string of the molecule is C#CCOc1ccc(C=C(C#N)c2ccccc2Cl)cc1Br. The number of halogens is 2. The molecule has 2 aromatic carbocycles. The first-order valence-corrected chi connectivity index (χ1v) is 7.55. The standard InChI is InChI=1S/C18H11BrClNO/c1-2-9-22-18-8-7-13(11-16(18)19)10-14(12-21)15-5-3-4-6-17(15)20/h1,3-8,10-11H,9H2. The molecule has 2 aromatic rings. The van der Waals surface area contributed by atoms with E-state index < -0.39 is 0 Å². The summed E-state index contributed by atoms with van der Waals surface area (Å²) in [5.74, 6) is 3.07. The minimum Gasteiger partial charge on any atom is -0.480 e. The lowest BCUT2D eigenvalue weighted by Gasteiger charge is -2.07. The first kappa shape index (κ1) is 16.2. The maximum Gasteiger partial charge on any atom is 0.148 e. The van der Waals surface area contributed by atoms with Crippen LogP contribution < -0.4 is 4.74 Å². The second kappa shape index (κ2) is 7.71.